The summed E-state index contributed by atoms with van der Waals surface area (Å²) in [4.78, 5) is 0. The van der Waals surface area contributed by atoms with Crippen LogP contribution in [0.15, 0.2) is 48.3 Å². The summed E-state index contributed by atoms with van der Waals surface area (Å²) in [5.74, 6) is 0.411. The lowest BCUT2D eigenvalue weighted by atomic mass is 9.79. The Labute approximate surface area is 143 Å². The molecular formula is C21H25F2N. The van der Waals surface area contributed by atoms with Gasteiger partial charge in [-0.2, -0.15) is 9.65 Å². The predicted molar refractivity (Wildman–Crippen MR) is 93.3 cm³/mol. The second-order valence-electron chi connectivity index (χ2n) is 6.66. The van der Waals surface area contributed by atoms with E-state index in [1.54, 1.807) is 6.08 Å². The Hall–Kier alpha value is -1.95. The minimum absolute atomic E-state index is 0.171. The first-order valence-electron chi connectivity index (χ1n) is 8.86. The Kier molecular flexibility index (Phi) is 7.68. The number of unbranched alkanes of at least 4 members (excludes halogenated alkanes) is 1. The van der Waals surface area contributed by atoms with E-state index in [9.17, 15) is 8.78 Å². The molecule has 24 heavy (non-hydrogen) atoms. The molecule has 0 spiro atoms. The Morgan fingerprint density at radius 3 is 2.50 bits per heavy atom. The van der Waals surface area contributed by atoms with Crippen molar-refractivity contribution in [1.82, 2.24) is 0 Å². The van der Waals surface area contributed by atoms with E-state index in [2.05, 4.69) is 0 Å². The summed E-state index contributed by atoms with van der Waals surface area (Å²) < 4.78 is 25.5. The van der Waals surface area contributed by atoms with Crippen LogP contribution in [-0.2, 0) is 6.42 Å². The van der Waals surface area contributed by atoms with Gasteiger partial charge in [0.05, 0.1) is 0 Å². The fraction of sp³-hybridized carbons (Fsp3) is 0.476. The lowest BCUT2D eigenvalue weighted by molar-refractivity contribution is 0.289. The summed E-state index contributed by atoms with van der Waals surface area (Å²) in [7, 11) is 0. The molecule has 1 aromatic rings. The molecule has 1 aliphatic carbocycles. The SMILES string of the molecule is N#CC(F)=CC=C[C@H]1CC[C@H](CCCCc2ccc(F)cc2)CC1. The van der Waals surface area contributed by atoms with Gasteiger partial charge in [0.25, 0.3) is 0 Å². The van der Waals surface area contributed by atoms with Crippen molar-refractivity contribution >= 4 is 0 Å². The van der Waals surface area contributed by atoms with E-state index in [1.807, 2.05) is 18.2 Å². The van der Waals surface area contributed by atoms with Crippen molar-refractivity contribution < 1.29 is 8.78 Å². The highest BCUT2D eigenvalue weighted by molar-refractivity contribution is 5.19. The molecule has 3 heteroatoms. The molecule has 1 aliphatic rings. The van der Waals surface area contributed by atoms with Crippen LogP contribution in [0.2, 0.25) is 0 Å². The van der Waals surface area contributed by atoms with E-state index in [-0.39, 0.29) is 5.82 Å². The number of rotatable bonds is 7. The van der Waals surface area contributed by atoms with Gasteiger partial charge in [-0.15, -0.1) is 0 Å². The van der Waals surface area contributed by atoms with Crippen molar-refractivity contribution in [2.75, 3.05) is 0 Å². The van der Waals surface area contributed by atoms with E-state index in [0.717, 1.165) is 31.6 Å². The zero-order chi connectivity index (χ0) is 17.2. The summed E-state index contributed by atoms with van der Waals surface area (Å²) in [5, 5.41) is 8.35. The topological polar surface area (TPSA) is 23.8 Å². The van der Waals surface area contributed by atoms with E-state index in [0.29, 0.717) is 5.92 Å². The van der Waals surface area contributed by atoms with Crippen molar-refractivity contribution in [3.63, 3.8) is 0 Å². The van der Waals surface area contributed by atoms with Crippen LogP contribution < -0.4 is 0 Å². The lowest BCUT2D eigenvalue weighted by Crippen LogP contribution is -2.13. The maximum absolute atomic E-state index is 12.8. The maximum atomic E-state index is 12.8. The Morgan fingerprint density at radius 1 is 1.12 bits per heavy atom. The number of benzene rings is 1. The lowest BCUT2D eigenvalue weighted by Gasteiger charge is -2.26. The van der Waals surface area contributed by atoms with Crippen LogP contribution in [0.25, 0.3) is 0 Å². The van der Waals surface area contributed by atoms with Crippen molar-refractivity contribution in [3.8, 4) is 6.07 Å². The number of halogens is 2. The molecule has 1 fully saturated rings. The van der Waals surface area contributed by atoms with Crippen molar-refractivity contribution in [3.05, 3.63) is 59.7 Å². The monoisotopic (exact) mass is 329 g/mol. The molecule has 128 valence electrons. The zero-order valence-electron chi connectivity index (χ0n) is 14.1. The average Bonchev–Trinajstić information content (AvgIpc) is 2.61. The number of nitriles is 1. The van der Waals surface area contributed by atoms with Crippen molar-refractivity contribution in [2.45, 2.75) is 51.4 Å². The Bertz CT molecular complexity index is 587. The number of allylic oxidation sites excluding steroid dienone is 4. The van der Waals surface area contributed by atoms with E-state index in [1.165, 1.54) is 55.5 Å². The molecule has 0 N–H and O–H groups in total. The van der Waals surface area contributed by atoms with Gasteiger partial charge in [0, 0.05) is 0 Å². The number of hydrogen-bond acceptors (Lipinski definition) is 1. The summed E-state index contributed by atoms with van der Waals surface area (Å²) in [5.41, 5.74) is 1.21. The summed E-state index contributed by atoms with van der Waals surface area (Å²) in [6, 6.07) is 8.28. The quantitative estimate of drug-likeness (QED) is 0.328. The molecule has 0 radical (unpaired) electrons. The maximum Gasteiger partial charge on any atom is 0.199 e. The fourth-order valence-corrected chi connectivity index (χ4v) is 3.42. The summed E-state index contributed by atoms with van der Waals surface area (Å²) in [6.45, 7) is 0. The Morgan fingerprint density at radius 2 is 1.83 bits per heavy atom. The molecule has 1 aromatic carbocycles. The number of nitrogens with zero attached hydrogens (tertiary/aromatic N) is 1. The smallest absolute Gasteiger partial charge is 0.199 e. The highest BCUT2D eigenvalue weighted by Crippen LogP contribution is 2.32. The summed E-state index contributed by atoms with van der Waals surface area (Å²) >= 11 is 0. The van der Waals surface area contributed by atoms with Crippen LogP contribution in [-0.4, -0.2) is 0 Å². The average molecular weight is 329 g/mol. The molecule has 2 rings (SSSR count). The van der Waals surface area contributed by atoms with Gasteiger partial charge in [0.2, 0.25) is 0 Å². The van der Waals surface area contributed by atoms with E-state index in [4.69, 9.17) is 5.26 Å². The molecule has 0 heterocycles. The molecule has 0 bridgehead atoms. The van der Waals surface area contributed by atoms with Gasteiger partial charge in [-0.05, 0) is 74.1 Å². The van der Waals surface area contributed by atoms with Gasteiger partial charge < -0.3 is 0 Å². The molecule has 0 amide bonds. The normalized spacial score (nSPS) is 21.8. The first-order valence-corrected chi connectivity index (χ1v) is 8.86. The third-order valence-electron chi connectivity index (χ3n) is 4.87. The van der Waals surface area contributed by atoms with Crippen LogP contribution in [0.4, 0.5) is 8.78 Å². The summed E-state index contributed by atoms with van der Waals surface area (Å²) in [6.07, 6.45) is 14.4. The number of hydrogen-bond donors (Lipinski definition) is 0. The molecule has 0 atom stereocenters. The van der Waals surface area contributed by atoms with Crippen molar-refractivity contribution in [1.29, 1.82) is 5.26 Å². The van der Waals surface area contributed by atoms with Gasteiger partial charge in [-0.1, -0.05) is 37.1 Å². The van der Waals surface area contributed by atoms with Crippen LogP contribution >= 0.6 is 0 Å². The van der Waals surface area contributed by atoms with Crippen LogP contribution in [0.1, 0.15) is 50.5 Å². The number of aryl methyl sites for hydroxylation is 1. The highest BCUT2D eigenvalue weighted by Gasteiger charge is 2.18. The van der Waals surface area contributed by atoms with Crippen LogP contribution in [0, 0.1) is 29.0 Å². The fourth-order valence-electron chi connectivity index (χ4n) is 3.42. The standard InChI is InChI=1S/C21H25F2N/c22-20-14-12-18(13-15-20)5-2-1-4-17-8-10-19(11-9-17)6-3-7-21(23)16-24/h3,6-7,12-15,17,19H,1-2,4-5,8-11H2/t17-,19-. The van der Waals surface area contributed by atoms with Gasteiger partial charge in [0.1, 0.15) is 11.9 Å². The minimum Gasteiger partial charge on any atom is -0.207 e. The third kappa shape index (κ3) is 6.66. The minimum atomic E-state index is -0.735. The van der Waals surface area contributed by atoms with Gasteiger partial charge in [0.15, 0.2) is 5.83 Å². The van der Waals surface area contributed by atoms with E-state index >= 15 is 0 Å². The molecule has 0 aliphatic heterocycles. The third-order valence-corrected chi connectivity index (χ3v) is 4.87. The van der Waals surface area contributed by atoms with Gasteiger partial charge >= 0.3 is 0 Å². The van der Waals surface area contributed by atoms with Crippen molar-refractivity contribution in [2.24, 2.45) is 11.8 Å². The molecular weight excluding hydrogens is 304 g/mol. The van der Waals surface area contributed by atoms with Crippen LogP contribution in [0.3, 0.4) is 0 Å². The first-order chi connectivity index (χ1) is 11.7. The second kappa shape index (κ2) is 10.0. The van der Waals surface area contributed by atoms with E-state index < -0.39 is 5.83 Å². The van der Waals surface area contributed by atoms with Crippen LogP contribution in [0.5, 0.6) is 0 Å². The zero-order valence-corrected chi connectivity index (χ0v) is 14.1. The first kappa shape index (κ1) is 18.4. The predicted octanol–water partition coefficient (Wildman–Crippen LogP) is 6.28. The second-order valence-corrected chi connectivity index (χ2v) is 6.66. The van der Waals surface area contributed by atoms with Gasteiger partial charge in [-0.25, -0.2) is 4.39 Å². The molecule has 0 unspecified atom stereocenters. The Balaban J connectivity index is 1.59. The molecule has 1 nitrogen and oxygen atoms in total. The molecule has 1 saturated carbocycles. The molecule has 0 saturated heterocycles. The van der Waals surface area contributed by atoms with Gasteiger partial charge in [-0.3, -0.25) is 0 Å². The largest absolute Gasteiger partial charge is 0.207 e. The highest BCUT2D eigenvalue weighted by atomic mass is 19.1. The molecule has 0 aromatic heterocycles.